The normalized spacial score (nSPS) is 10.9. The number of rotatable bonds is 6. The number of fused-ring (bicyclic) bond motifs is 1. The van der Waals surface area contributed by atoms with E-state index >= 15 is 0 Å². The van der Waals surface area contributed by atoms with E-state index in [0.717, 1.165) is 11.1 Å². The lowest BCUT2D eigenvalue weighted by molar-refractivity contribution is 0.465. The fourth-order valence-corrected chi connectivity index (χ4v) is 4.14. The molecule has 3 aromatic heterocycles. The molecule has 3 heterocycles. The fourth-order valence-electron chi connectivity index (χ4n) is 4.14. The molecule has 0 aliphatic carbocycles. The van der Waals surface area contributed by atoms with Crippen LogP contribution in [0.25, 0.3) is 33.3 Å². The lowest BCUT2D eigenvalue weighted by Crippen LogP contribution is -2.00. The van der Waals surface area contributed by atoms with Crippen molar-refractivity contribution in [2.75, 3.05) is 11.1 Å². The van der Waals surface area contributed by atoms with Gasteiger partial charge in [0, 0.05) is 34.4 Å². The Hall–Kier alpha value is -5.64. The molecule has 10 heteroatoms. The van der Waals surface area contributed by atoms with E-state index in [4.69, 9.17) is 10.5 Å². The number of phenols is 1. The molecular weight excluding hydrogens is 497 g/mol. The number of ether oxygens (including phenoxy) is 1. The maximum Gasteiger partial charge on any atom is 0.228 e. The van der Waals surface area contributed by atoms with Gasteiger partial charge in [0.1, 0.15) is 23.0 Å². The molecule has 4 N–H and O–H groups in total. The highest BCUT2D eigenvalue weighted by Gasteiger charge is 2.15. The van der Waals surface area contributed by atoms with Gasteiger partial charge in [-0.3, -0.25) is 0 Å². The number of nitrogens with two attached hydrogens (primary N) is 1. The van der Waals surface area contributed by atoms with Crippen LogP contribution >= 0.6 is 0 Å². The second-order valence-corrected chi connectivity index (χ2v) is 8.51. The van der Waals surface area contributed by atoms with Crippen LogP contribution in [0, 0.1) is 5.82 Å². The van der Waals surface area contributed by atoms with E-state index in [9.17, 15) is 9.50 Å². The van der Waals surface area contributed by atoms with Crippen molar-refractivity contribution >= 4 is 28.2 Å². The molecule has 0 fully saturated rings. The van der Waals surface area contributed by atoms with Crippen molar-refractivity contribution in [1.82, 2.24) is 25.1 Å². The summed E-state index contributed by atoms with van der Waals surface area (Å²) in [5.41, 5.74) is 8.41. The van der Waals surface area contributed by atoms with Gasteiger partial charge in [-0.2, -0.15) is 0 Å². The van der Waals surface area contributed by atoms with E-state index in [2.05, 4.69) is 30.5 Å². The Labute approximate surface area is 221 Å². The average molecular weight is 518 g/mol. The Morgan fingerprint density at radius 3 is 2.44 bits per heavy atom. The van der Waals surface area contributed by atoms with Crippen LogP contribution < -0.4 is 15.8 Å². The highest BCUT2D eigenvalue weighted by molar-refractivity contribution is 6.01. The fraction of sp³-hybridized carbons (Fsp3) is 0. The van der Waals surface area contributed by atoms with Gasteiger partial charge in [0.2, 0.25) is 11.8 Å². The monoisotopic (exact) mass is 517 g/mol. The van der Waals surface area contributed by atoms with Crippen LogP contribution in [0.1, 0.15) is 0 Å². The second kappa shape index (κ2) is 10.0. The lowest BCUT2D eigenvalue weighted by Gasteiger charge is -2.13. The van der Waals surface area contributed by atoms with Crippen LogP contribution in [-0.4, -0.2) is 30.3 Å². The summed E-state index contributed by atoms with van der Waals surface area (Å²) in [6.45, 7) is 0. The maximum absolute atomic E-state index is 13.9. The Morgan fingerprint density at radius 2 is 1.62 bits per heavy atom. The predicted octanol–water partition coefficient (Wildman–Crippen LogP) is 6.11. The Balaban J connectivity index is 1.27. The first-order valence-electron chi connectivity index (χ1n) is 11.9. The number of benzene rings is 3. The predicted molar refractivity (Wildman–Crippen MR) is 146 cm³/mol. The summed E-state index contributed by atoms with van der Waals surface area (Å²) in [7, 11) is 0. The van der Waals surface area contributed by atoms with Crippen molar-refractivity contribution in [3.05, 3.63) is 103 Å². The zero-order chi connectivity index (χ0) is 26.8. The van der Waals surface area contributed by atoms with Gasteiger partial charge in [0.05, 0.1) is 11.3 Å². The number of hydrogen-bond acceptors (Lipinski definition) is 9. The van der Waals surface area contributed by atoms with Crippen molar-refractivity contribution in [2.45, 2.75) is 0 Å². The minimum atomic E-state index is -0.475. The highest BCUT2D eigenvalue weighted by atomic mass is 19.1. The molecule has 9 nitrogen and oxygen atoms in total. The van der Waals surface area contributed by atoms with Crippen LogP contribution in [0.5, 0.6) is 17.4 Å². The van der Waals surface area contributed by atoms with Crippen LogP contribution in [0.2, 0.25) is 0 Å². The largest absolute Gasteiger partial charge is 0.507 e. The van der Waals surface area contributed by atoms with Gasteiger partial charge in [-0.15, -0.1) is 10.2 Å². The zero-order valence-electron chi connectivity index (χ0n) is 20.3. The van der Waals surface area contributed by atoms with E-state index in [1.165, 1.54) is 18.2 Å². The summed E-state index contributed by atoms with van der Waals surface area (Å²) in [6, 6.07) is 23.8. The number of hydrogen-bond donors (Lipinski definition) is 3. The highest BCUT2D eigenvalue weighted by Crippen LogP contribution is 2.36. The molecule has 0 atom stereocenters. The Kier molecular flexibility index (Phi) is 6.10. The van der Waals surface area contributed by atoms with Gasteiger partial charge in [0.25, 0.3) is 0 Å². The van der Waals surface area contributed by atoms with Gasteiger partial charge in [0.15, 0.2) is 5.82 Å². The van der Waals surface area contributed by atoms with Gasteiger partial charge in [-0.1, -0.05) is 24.3 Å². The van der Waals surface area contributed by atoms with Crippen LogP contribution in [0.4, 0.5) is 21.8 Å². The lowest BCUT2D eigenvalue weighted by atomic mass is 10.0. The van der Waals surface area contributed by atoms with E-state index in [0.29, 0.717) is 39.8 Å². The molecule has 0 amide bonds. The van der Waals surface area contributed by atoms with E-state index in [1.54, 1.807) is 36.7 Å². The number of anilines is 3. The van der Waals surface area contributed by atoms with Crippen LogP contribution in [0.15, 0.2) is 97.3 Å². The van der Waals surface area contributed by atoms with Crippen LogP contribution in [-0.2, 0) is 0 Å². The van der Waals surface area contributed by atoms with Crippen molar-refractivity contribution in [2.24, 2.45) is 0 Å². The first-order valence-corrected chi connectivity index (χ1v) is 11.9. The summed E-state index contributed by atoms with van der Waals surface area (Å²) in [5, 5.41) is 23.7. The number of halogens is 1. The number of aromatic nitrogens is 5. The van der Waals surface area contributed by atoms with Crippen molar-refractivity contribution in [1.29, 1.82) is 0 Å². The molecule has 0 radical (unpaired) electrons. The smallest absolute Gasteiger partial charge is 0.228 e. The third-order valence-corrected chi connectivity index (χ3v) is 5.95. The Morgan fingerprint density at radius 1 is 0.795 bits per heavy atom. The molecule has 0 aliphatic heterocycles. The minimum absolute atomic E-state index is 0.0774. The molecule has 0 spiro atoms. The van der Waals surface area contributed by atoms with Crippen molar-refractivity contribution in [3.8, 4) is 39.9 Å². The van der Waals surface area contributed by atoms with Crippen LogP contribution in [0.3, 0.4) is 0 Å². The second-order valence-electron chi connectivity index (χ2n) is 8.51. The molecule has 0 bridgehead atoms. The third-order valence-electron chi connectivity index (χ3n) is 5.95. The first-order chi connectivity index (χ1) is 19.0. The molecular formula is C29H20FN7O2. The molecule has 0 unspecified atom stereocenters. The molecule has 39 heavy (non-hydrogen) atoms. The van der Waals surface area contributed by atoms with Gasteiger partial charge in [-0.25, -0.2) is 19.3 Å². The number of pyridine rings is 1. The number of nitrogen functional groups attached to an aromatic ring is 1. The standard InChI is InChI=1S/C29H20FN7O2/c30-17-7-12-25(38)23(16-17)26-20-4-1-2-5-21(20)27(37-36-26)34-18-8-10-19(11-9-18)39-28-22(6-3-14-32-28)24-13-15-33-29(31)35-24/h1-16,38H,(H,34,37)(H2,31,33,35). The summed E-state index contributed by atoms with van der Waals surface area (Å²) < 4.78 is 19.9. The Bertz CT molecular complexity index is 1810. The van der Waals surface area contributed by atoms with Gasteiger partial charge < -0.3 is 20.9 Å². The average Bonchev–Trinajstić information content (AvgIpc) is 2.96. The van der Waals surface area contributed by atoms with E-state index in [-0.39, 0.29) is 17.3 Å². The topological polar surface area (TPSA) is 132 Å². The molecule has 0 saturated carbocycles. The summed E-state index contributed by atoms with van der Waals surface area (Å²) in [6.07, 6.45) is 3.21. The SMILES string of the molecule is Nc1nccc(-c2cccnc2Oc2ccc(Nc3nnc(-c4cc(F)ccc4O)c4ccccc34)cc2)n1. The minimum Gasteiger partial charge on any atom is -0.507 e. The van der Waals surface area contributed by atoms with Gasteiger partial charge >= 0.3 is 0 Å². The molecule has 3 aromatic carbocycles. The number of nitrogens with zero attached hydrogens (tertiary/aromatic N) is 5. The summed E-state index contributed by atoms with van der Waals surface area (Å²) in [4.78, 5) is 12.5. The van der Waals surface area contributed by atoms with E-state index in [1.807, 2.05) is 42.5 Å². The quantitative estimate of drug-likeness (QED) is 0.239. The molecule has 190 valence electrons. The number of nitrogens with one attached hydrogen (secondary N) is 1. The zero-order valence-corrected chi connectivity index (χ0v) is 20.3. The molecule has 6 rings (SSSR count). The molecule has 0 saturated heterocycles. The summed E-state index contributed by atoms with van der Waals surface area (Å²) >= 11 is 0. The number of phenolic OH excluding ortho intramolecular Hbond substituents is 1. The number of aromatic hydroxyl groups is 1. The van der Waals surface area contributed by atoms with Crippen molar-refractivity contribution in [3.63, 3.8) is 0 Å². The maximum atomic E-state index is 13.9. The molecule has 6 aromatic rings. The first kappa shape index (κ1) is 23.7. The summed E-state index contributed by atoms with van der Waals surface area (Å²) in [5.74, 6) is 1.06. The third kappa shape index (κ3) is 4.86. The van der Waals surface area contributed by atoms with Gasteiger partial charge in [-0.05, 0) is 60.7 Å². The molecule has 0 aliphatic rings. The van der Waals surface area contributed by atoms with E-state index < -0.39 is 5.82 Å². The van der Waals surface area contributed by atoms with Crippen molar-refractivity contribution < 1.29 is 14.2 Å².